The number of ether oxygens (including phenoxy) is 4. The molecule has 0 fully saturated rings. The van der Waals surface area contributed by atoms with Crippen molar-refractivity contribution in [1.82, 2.24) is 16.1 Å². The van der Waals surface area contributed by atoms with Gasteiger partial charge < -0.3 is 29.6 Å². The van der Waals surface area contributed by atoms with E-state index in [0.29, 0.717) is 29.4 Å². The number of carbonyl (C=O) groups excluding carboxylic acids is 3. The summed E-state index contributed by atoms with van der Waals surface area (Å²) in [5, 5.41) is 9.19. The molecule has 0 bridgehead atoms. The molecule has 0 saturated heterocycles. The van der Waals surface area contributed by atoms with E-state index in [9.17, 15) is 14.4 Å². The lowest BCUT2D eigenvalue weighted by molar-refractivity contribution is -0.136. The normalized spacial score (nSPS) is 15.1. The molecule has 2 aromatic carbocycles. The van der Waals surface area contributed by atoms with E-state index in [1.54, 1.807) is 25.1 Å². The zero-order valence-corrected chi connectivity index (χ0v) is 20.4. The number of esters is 1. The van der Waals surface area contributed by atoms with E-state index in [4.69, 9.17) is 18.9 Å². The van der Waals surface area contributed by atoms with Crippen molar-refractivity contribution in [2.24, 2.45) is 5.10 Å². The number of hydrazone groups is 1. The third-order valence-corrected chi connectivity index (χ3v) is 5.15. The minimum Gasteiger partial charge on any atom is -0.494 e. The first-order valence-electron chi connectivity index (χ1n) is 11.1. The van der Waals surface area contributed by atoms with E-state index in [0.717, 1.165) is 11.3 Å². The van der Waals surface area contributed by atoms with Crippen molar-refractivity contribution in [3.05, 3.63) is 64.9 Å². The highest BCUT2D eigenvalue weighted by Gasteiger charge is 2.32. The van der Waals surface area contributed by atoms with Crippen LogP contribution in [0.4, 0.5) is 4.79 Å². The maximum Gasteiger partial charge on any atom is 0.337 e. The number of nitrogens with zero attached hydrogens (tertiary/aromatic N) is 1. The van der Waals surface area contributed by atoms with Gasteiger partial charge in [-0.15, -0.1) is 0 Å². The van der Waals surface area contributed by atoms with E-state index in [1.807, 2.05) is 31.2 Å². The molecule has 11 heteroatoms. The van der Waals surface area contributed by atoms with Gasteiger partial charge in [-0.1, -0.05) is 6.07 Å². The first-order chi connectivity index (χ1) is 17.4. The molecule has 0 aliphatic carbocycles. The van der Waals surface area contributed by atoms with Gasteiger partial charge in [0.15, 0.2) is 18.1 Å². The third-order valence-electron chi connectivity index (χ3n) is 5.15. The van der Waals surface area contributed by atoms with Crippen LogP contribution in [0, 0.1) is 0 Å². The lowest BCUT2D eigenvalue weighted by Crippen LogP contribution is -2.45. The Morgan fingerprint density at radius 1 is 1.08 bits per heavy atom. The Morgan fingerprint density at radius 3 is 2.50 bits per heavy atom. The molecular weight excluding hydrogens is 468 g/mol. The molecule has 0 spiro atoms. The topological polar surface area (TPSA) is 137 Å². The first kappa shape index (κ1) is 26.1. The maximum atomic E-state index is 12.3. The summed E-state index contributed by atoms with van der Waals surface area (Å²) in [6.45, 7) is 3.79. The van der Waals surface area contributed by atoms with Gasteiger partial charge in [-0.25, -0.2) is 15.0 Å². The van der Waals surface area contributed by atoms with E-state index >= 15 is 0 Å². The van der Waals surface area contributed by atoms with Gasteiger partial charge in [-0.2, -0.15) is 5.10 Å². The number of amides is 3. The molecule has 36 heavy (non-hydrogen) atoms. The van der Waals surface area contributed by atoms with Crippen molar-refractivity contribution < 1.29 is 33.3 Å². The molecule has 0 radical (unpaired) electrons. The Morgan fingerprint density at radius 2 is 1.83 bits per heavy atom. The summed E-state index contributed by atoms with van der Waals surface area (Å²) in [5.74, 6) is 0.315. The summed E-state index contributed by atoms with van der Waals surface area (Å²) in [7, 11) is 2.71. The van der Waals surface area contributed by atoms with Gasteiger partial charge in [-0.3, -0.25) is 4.79 Å². The van der Waals surface area contributed by atoms with Crippen LogP contribution < -0.4 is 30.3 Å². The number of hydrogen-bond donors (Lipinski definition) is 3. The van der Waals surface area contributed by atoms with Crippen LogP contribution in [0.3, 0.4) is 0 Å². The number of urea groups is 1. The van der Waals surface area contributed by atoms with Crippen LogP contribution in [0.5, 0.6) is 17.2 Å². The number of nitrogens with one attached hydrogen (secondary N) is 3. The number of rotatable bonds is 10. The number of benzene rings is 2. The highest BCUT2D eigenvalue weighted by molar-refractivity contribution is 5.95. The highest BCUT2D eigenvalue weighted by Crippen LogP contribution is 2.34. The van der Waals surface area contributed by atoms with Crippen molar-refractivity contribution in [3.8, 4) is 17.2 Å². The Kier molecular flexibility index (Phi) is 8.87. The molecule has 3 amide bonds. The third kappa shape index (κ3) is 6.53. The predicted molar refractivity (Wildman–Crippen MR) is 131 cm³/mol. The molecule has 1 aliphatic heterocycles. The Balaban J connectivity index is 1.64. The van der Waals surface area contributed by atoms with Crippen LogP contribution in [0.15, 0.2) is 58.8 Å². The fourth-order valence-electron chi connectivity index (χ4n) is 3.48. The standard InChI is InChI=1S/C25H28N4O7/c1-5-35-18-9-6-16(7-10-18)13-26-29-21(30)14-36-19-11-8-17(12-20(19)33-3)23-22(24(31)34-4)15(2)27-25(32)28-23/h6-13,23H,5,14H2,1-4H3,(H,29,30)(H2,27,28,32)/b26-13-/t23-/m1/s1. The zero-order chi connectivity index (χ0) is 26.1. The van der Waals surface area contributed by atoms with Gasteiger partial charge in [0.05, 0.1) is 38.7 Å². The molecule has 2 aromatic rings. The summed E-state index contributed by atoms with van der Waals surface area (Å²) in [6.07, 6.45) is 1.50. The van der Waals surface area contributed by atoms with E-state index in [1.165, 1.54) is 20.4 Å². The maximum absolute atomic E-state index is 12.3. The van der Waals surface area contributed by atoms with Crippen LogP contribution in [-0.2, 0) is 14.3 Å². The molecule has 1 atom stereocenters. The summed E-state index contributed by atoms with van der Waals surface area (Å²) in [6, 6.07) is 10.9. The number of hydrogen-bond acceptors (Lipinski definition) is 8. The minimum atomic E-state index is -0.755. The van der Waals surface area contributed by atoms with Gasteiger partial charge >= 0.3 is 12.0 Å². The largest absolute Gasteiger partial charge is 0.494 e. The second-order valence-corrected chi connectivity index (χ2v) is 7.56. The van der Waals surface area contributed by atoms with E-state index < -0.39 is 23.9 Å². The van der Waals surface area contributed by atoms with Crippen LogP contribution in [0.25, 0.3) is 0 Å². The molecule has 3 N–H and O–H groups in total. The van der Waals surface area contributed by atoms with E-state index in [-0.39, 0.29) is 12.2 Å². The number of allylic oxidation sites excluding steroid dienone is 1. The molecular formula is C25H28N4O7. The van der Waals surface area contributed by atoms with E-state index in [2.05, 4.69) is 21.2 Å². The van der Waals surface area contributed by atoms with Crippen LogP contribution in [0.1, 0.15) is 31.0 Å². The predicted octanol–water partition coefficient (Wildman–Crippen LogP) is 2.42. The van der Waals surface area contributed by atoms with Gasteiger partial charge in [0, 0.05) is 5.70 Å². The monoisotopic (exact) mass is 496 g/mol. The Hall–Kier alpha value is -4.54. The van der Waals surface area contributed by atoms with Gasteiger partial charge in [0.25, 0.3) is 5.91 Å². The molecule has 1 heterocycles. The van der Waals surface area contributed by atoms with Crippen molar-refractivity contribution in [1.29, 1.82) is 0 Å². The van der Waals surface area contributed by atoms with Crippen LogP contribution in [-0.4, -0.2) is 51.6 Å². The number of carbonyl (C=O) groups is 3. The molecule has 0 unspecified atom stereocenters. The number of methoxy groups -OCH3 is 2. The van der Waals surface area contributed by atoms with Crippen molar-refractivity contribution in [2.45, 2.75) is 19.9 Å². The molecule has 11 nitrogen and oxygen atoms in total. The molecule has 190 valence electrons. The second kappa shape index (κ2) is 12.2. The fraction of sp³-hybridized carbons (Fsp3) is 0.280. The average Bonchev–Trinajstić information content (AvgIpc) is 2.87. The lowest BCUT2D eigenvalue weighted by atomic mass is 9.95. The first-order valence-corrected chi connectivity index (χ1v) is 11.1. The summed E-state index contributed by atoms with van der Waals surface area (Å²) >= 11 is 0. The molecule has 0 saturated carbocycles. The fourth-order valence-corrected chi connectivity index (χ4v) is 3.48. The Labute approximate surface area is 208 Å². The SMILES string of the molecule is CCOc1ccc(/C=N\NC(=O)COc2ccc([C@H]3NC(=O)NC(C)=C3C(=O)OC)cc2OC)cc1. The molecule has 3 rings (SSSR count). The van der Waals surface area contributed by atoms with Gasteiger partial charge in [-0.05, 0) is 61.4 Å². The van der Waals surface area contributed by atoms with Crippen molar-refractivity contribution in [2.75, 3.05) is 27.4 Å². The van der Waals surface area contributed by atoms with Crippen molar-refractivity contribution >= 4 is 24.1 Å². The summed E-state index contributed by atoms with van der Waals surface area (Å²) in [4.78, 5) is 36.5. The highest BCUT2D eigenvalue weighted by atomic mass is 16.5. The minimum absolute atomic E-state index is 0.262. The lowest BCUT2D eigenvalue weighted by Gasteiger charge is -2.28. The summed E-state index contributed by atoms with van der Waals surface area (Å²) < 4.78 is 21.2. The van der Waals surface area contributed by atoms with Gasteiger partial charge in [0.2, 0.25) is 0 Å². The second-order valence-electron chi connectivity index (χ2n) is 7.56. The smallest absolute Gasteiger partial charge is 0.337 e. The van der Waals surface area contributed by atoms with Crippen LogP contribution >= 0.6 is 0 Å². The molecule has 1 aliphatic rings. The summed E-state index contributed by atoms with van der Waals surface area (Å²) in [5.41, 5.74) is 4.40. The zero-order valence-electron chi connectivity index (χ0n) is 20.4. The van der Waals surface area contributed by atoms with Gasteiger partial charge in [0.1, 0.15) is 5.75 Å². The van der Waals surface area contributed by atoms with Crippen molar-refractivity contribution in [3.63, 3.8) is 0 Å². The Bertz CT molecular complexity index is 1180. The average molecular weight is 497 g/mol. The molecule has 0 aromatic heterocycles. The van der Waals surface area contributed by atoms with Crippen LogP contribution in [0.2, 0.25) is 0 Å². The quantitative estimate of drug-likeness (QED) is 0.261.